The molecule has 3 N–H and O–H groups in total. The summed E-state index contributed by atoms with van der Waals surface area (Å²) in [6.07, 6.45) is -7.95. The van der Waals surface area contributed by atoms with Crippen molar-refractivity contribution in [1.82, 2.24) is 5.48 Å². The number of alkyl halides is 3. The highest BCUT2D eigenvalue weighted by Gasteiger charge is 2.38. The first-order chi connectivity index (χ1) is 13.4. The zero-order valence-corrected chi connectivity index (χ0v) is 14.6. The number of carbonyl (C=O) groups excluding carboxylic acids is 1. The van der Waals surface area contributed by atoms with Crippen LogP contribution >= 0.6 is 11.6 Å². The molecule has 0 saturated carbocycles. The fraction of sp³-hybridized carbons (Fsp3) is 0.188. The molecular formula is C16H10ClF7N2O3. The minimum atomic E-state index is -5.02. The van der Waals surface area contributed by atoms with E-state index in [0.717, 1.165) is 12.1 Å². The number of benzene rings is 2. The van der Waals surface area contributed by atoms with E-state index in [1.807, 2.05) is 5.32 Å². The van der Waals surface area contributed by atoms with E-state index in [9.17, 15) is 35.5 Å². The van der Waals surface area contributed by atoms with Crippen LogP contribution in [-0.2, 0) is 4.84 Å². The van der Waals surface area contributed by atoms with Gasteiger partial charge in [0.25, 0.3) is 5.91 Å². The lowest BCUT2D eigenvalue weighted by Gasteiger charge is -2.17. The molecule has 1 amide bonds. The van der Waals surface area contributed by atoms with E-state index >= 15 is 0 Å². The molecule has 0 radical (unpaired) electrons. The largest absolute Gasteiger partial charge is 0.416 e. The molecule has 0 bridgehead atoms. The van der Waals surface area contributed by atoms with E-state index in [1.165, 1.54) is 5.48 Å². The van der Waals surface area contributed by atoms with Gasteiger partial charge in [-0.25, -0.2) is 23.0 Å². The molecule has 13 heteroatoms. The normalized spacial score (nSPS) is 12.6. The third-order valence-corrected chi connectivity index (χ3v) is 3.66. The van der Waals surface area contributed by atoms with Gasteiger partial charge in [0, 0.05) is 6.07 Å². The highest BCUT2D eigenvalue weighted by Crippen LogP contribution is 2.32. The number of rotatable bonds is 6. The van der Waals surface area contributed by atoms with Crippen LogP contribution in [0.25, 0.3) is 0 Å². The first kappa shape index (κ1) is 22.7. The molecule has 29 heavy (non-hydrogen) atoms. The number of aliphatic hydroxyl groups excluding tert-OH is 1. The van der Waals surface area contributed by atoms with Crippen LogP contribution in [0.15, 0.2) is 24.3 Å². The average Bonchev–Trinajstić information content (AvgIpc) is 2.62. The predicted molar refractivity (Wildman–Crippen MR) is 86.5 cm³/mol. The van der Waals surface area contributed by atoms with Gasteiger partial charge in [-0.1, -0.05) is 11.6 Å². The number of hydrogen-bond donors (Lipinski definition) is 3. The summed E-state index contributed by atoms with van der Waals surface area (Å²) in [5, 5.41) is 9.96. The SMILES string of the molecule is O=C(NOCC(O)C(F)(F)F)c1cc(Cl)c(F)c(F)c1Nc1ccc(F)cc1F. The van der Waals surface area contributed by atoms with Gasteiger partial charge in [0.05, 0.1) is 22.0 Å². The van der Waals surface area contributed by atoms with Crippen LogP contribution < -0.4 is 10.8 Å². The fourth-order valence-corrected chi connectivity index (χ4v) is 2.15. The molecule has 5 nitrogen and oxygen atoms in total. The lowest BCUT2D eigenvalue weighted by atomic mass is 10.1. The van der Waals surface area contributed by atoms with E-state index in [2.05, 4.69) is 4.84 Å². The fourth-order valence-electron chi connectivity index (χ4n) is 1.96. The Morgan fingerprint density at radius 2 is 1.79 bits per heavy atom. The molecule has 0 spiro atoms. The van der Waals surface area contributed by atoms with E-state index in [-0.39, 0.29) is 0 Å². The number of aliphatic hydroxyl groups is 1. The second kappa shape index (κ2) is 8.84. The summed E-state index contributed by atoms with van der Waals surface area (Å²) in [5.41, 5.74) is -0.789. The van der Waals surface area contributed by atoms with Gasteiger partial charge in [0.2, 0.25) is 0 Å². The molecule has 158 valence electrons. The first-order valence-electron chi connectivity index (χ1n) is 7.48. The molecule has 0 saturated heterocycles. The lowest BCUT2D eigenvalue weighted by Crippen LogP contribution is -2.36. The van der Waals surface area contributed by atoms with Gasteiger partial charge >= 0.3 is 6.18 Å². The number of anilines is 2. The van der Waals surface area contributed by atoms with Crippen LogP contribution in [0.5, 0.6) is 0 Å². The second-order valence-electron chi connectivity index (χ2n) is 5.46. The Hall–Kier alpha value is -2.57. The summed E-state index contributed by atoms with van der Waals surface area (Å²) in [5.74, 6) is -6.91. The Morgan fingerprint density at radius 3 is 2.38 bits per heavy atom. The molecule has 0 aliphatic rings. The van der Waals surface area contributed by atoms with Crippen molar-refractivity contribution in [1.29, 1.82) is 0 Å². The summed E-state index contributed by atoms with van der Waals surface area (Å²) in [6, 6.07) is 2.64. The standard InChI is InChI=1S/C16H10ClF7N2O3/c17-8-4-7(15(28)26-29-5-11(27)16(22,23)24)14(13(21)12(8)20)25-10-2-1-6(18)3-9(10)19/h1-4,11,25,27H,5H2,(H,26,28). The van der Waals surface area contributed by atoms with Crippen molar-refractivity contribution >= 4 is 28.9 Å². The highest BCUT2D eigenvalue weighted by atomic mass is 35.5. The average molecular weight is 447 g/mol. The first-order valence-corrected chi connectivity index (χ1v) is 7.86. The van der Waals surface area contributed by atoms with Gasteiger partial charge in [-0.3, -0.25) is 9.63 Å². The summed E-state index contributed by atoms with van der Waals surface area (Å²) in [7, 11) is 0. The third kappa shape index (κ3) is 5.49. The molecule has 0 aliphatic carbocycles. The Labute approximate surface area is 163 Å². The maximum atomic E-state index is 14.3. The smallest absolute Gasteiger partial charge is 0.381 e. The predicted octanol–water partition coefficient (Wildman–Crippen LogP) is 4.22. The molecule has 0 fully saturated rings. The quantitative estimate of drug-likeness (QED) is 0.353. The molecule has 1 unspecified atom stereocenters. The van der Waals surface area contributed by atoms with Crippen molar-refractivity contribution in [3.05, 3.63) is 58.1 Å². The Kier molecular flexibility index (Phi) is 6.93. The molecule has 2 rings (SSSR count). The van der Waals surface area contributed by atoms with Crippen molar-refractivity contribution in [3.8, 4) is 0 Å². The van der Waals surface area contributed by atoms with Crippen molar-refractivity contribution in [2.24, 2.45) is 0 Å². The Balaban J connectivity index is 2.30. The summed E-state index contributed by atoms with van der Waals surface area (Å²) >= 11 is 5.46. The molecule has 2 aromatic carbocycles. The number of hydroxylamine groups is 1. The van der Waals surface area contributed by atoms with Crippen LogP contribution in [0, 0.1) is 23.3 Å². The van der Waals surface area contributed by atoms with Crippen molar-refractivity contribution < 1.29 is 45.5 Å². The van der Waals surface area contributed by atoms with Gasteiger partial charge in [-0.2, -0.15) is 13.2 Å². The van der Waals surface area contributed by atoms with Crippen molar-refractivity contribution in [2.45, 2.75) is 12.3 Å². The van der Waals surface area contributed by atoms with Gasteiger partial charge in [-0.15, -0.1) is 0 Å². The summed E-state index contributed by atoms with van der Waals surface area (Å²) in [6.45, 7) is -1.40. The summed E-state index contributed by atoms with van der Waals surface area (Å²) < 4.78 is 91.4. The van der Waals surface area contributed by atoms with Crippen LogP contribution in [0.4, 0.5) is 42.1 Å². The zero-order valence-electron chi connectivity index (χ0n) is 13.9. The maximum Gasteiger partial charge on any atom is 0.416 e. The minimum Gasteiger partial charge on any atom is -0.381 e. The van der Waals surface area contributed by atoms with Gasteiger partial charge in [-0.05, 0) is 18.2 Å². The molecular weight excluding hydrogens is 437 g/mol. The lowest BCUT2D eigenvalue weighted by molar-refractivity contribution is -0.221. The molecule has 0 aromatic heterocycles. The Bertz CT molecular complexity index is 924. The van der Waals surface area contributed by atoms with E-state index in [1.54, 1.807) is 0 Å². The monoisotopic (exact) mass is 446 g/mol. The van der Waals surface area contributed by atoms with E-state index in [0.29, 0.717) is 12.1 Å². The molecule has 1 atom stereocenters. The molecule has 0 aliphatic heterocycles. The van der Waals surface area contributed by atoms with Crippen LogP contribution in [0.1, 0.15) is 10.4 Å². The van der Waals surface area contributed by atoms with Gasteiger partial charge in [0.15, 0.2) is 17.7 Å². The van der Waals surface area contributed by atoms with Crippen molar-refractivity contribution in [3.63, 3.8) is 0 Å². The molecule has 2 aromatic rings. The van der Waals surface area contributed by atoms with Crippen molar-refractivity contribution in [2.75, 3.05) is 11.9 Å². The Morgan fingerprint density at radius 1 is 1.14 bits per heavy atom. The zero-order chi connectivity index (χ0) is 21.9. The number of amides is 1. The number of nitrogens with one attached hydrogen (secondary N) is 2. The van der Waals surface area contributed by atoms with Crippen LogP contribution in [0.2, 0.25) is 5.02 Å². The number of halogens is 8. The topological polar surface area (TPSA) is 70.6 Å². The maximum absolute atomic E-state index is 14.3. The van der Waals surface area contributed by atoms with Gasteiger partial charge in [0.1, 0.15) is 18.2 Å². The van der Waals surface area contributed by atoms with Crippen LogP contribution in [-0.4, -0.2) is 29.9 Å². The van der Waals surface area contributed by atoms with Crippen LogP contribution in [0.3, 0.4) is 0 Å². The van der Waals surface area contributed by atoms with Gasteiger partial charge < -0.3 is 10.4 Å². The minimum absolute atomic E-state index is 0.424. The summed E-state index contributed by atoms with van der Waals surface area (Å²) in [4.78, 5) is 16.3. The molecule has 0 heterocycles. The highest BCUT2D eigenvalue weighted by molar-refractivity contribution is 6.31. The van der Waals surface area contributed by atoms with E-state index in [4.69, 9.17) is 16.7 Å². The third-order valence-electron chi connectivity index (χ3n) is 3.38. The second-order valence-corrected chi connectivity index (χ2v) is 5.86. The number of hydrogen-bond acceptors (Lipinski definition) is 4. The van der Waals surface area contributed by atoms with E-state index < -0.39 is 70.0 Å². The number of carbonyl (C=O) groups is 1.